The van der Waals surface area contributed by atoms with Crippen LogP contribution in [0.15, 0.2) is 72.8 Å². The van der Waals surface area contributed by atoms with Crippen molar-refractivity contribution in [3.63, 3.8) is 0 Å². The lowest BCUT2D eigenvalue weighted by molar-refractivity contribution is 0.0743. The molecule has 0 bridgehead atoms. The maximum Gasteiger partial charge on any atom is 0.257 e. The Morgan fingerprint density at radius 1 is 0.966 bits per heavy atom. The lowest BCUT2D eigenvalue weighted by atomic mass is 10.1. The molecule has 3 aromatic rings. The van der Waals surface area contributed by atoms with Crippen molar-refractivity contribution in [2.45, 2.75) is 20.1 Å². The van der Waals surface area contributed by atoms with E-state index >= 15 is 0 Å². The summed E-state index contributed by atoms with van der Waals surface area (Å²) in [5.41, 5.74) is 9.54. The number of nitrogens with zero attached hydrogens (tertiary/aromatic N) is 1. The SMILES string of the molecule is Cc1ccc(COc2ccccc2C(=O)N(CCN)Cc2ccc(Cl)cc2)cc1. The highest BCUT2D eigenvalue weighted by Crippen LogP contribution is 2.22. The lowest BCUT2D eigenvalue weighted by Gasteiger charge is -2.23. The second-order valence-corrected chi connectivity index (χ2v) is 7.35. The number of amides is 1. The van der Waals surface area contributed by atoms with Gasteiger partial charge in [0.05, 0.1) is 5.56 Å². The topological polar surface area (TPSA) is 55.6 Å². The highest BCUT2D eigenvalue weighted by Gasteiger charge is 2.19. The Kier molecular flexibility index (Phi) is 7.28. The van der Waals surface area contributed by atoms with Crippen LogP contribution in [0.1, 0.15) is 27.0 Å². The summed E-state index contributed by atoms with van der Waals surface area (Å²) in [5.74, 6) is 0.459. The fourth-order valence-corrected chi connectivity index (χ4v) is 3.13. The van der Waals surface area contributed by atoms with Gasteiger partial charge in [-0.2, -0.15) is 0 Å². The lowest BCUT2D eigenvalue weighted by Crippen LogP contribution is -2.35. The van der Waals surface area contributed by atoms with Gasteiger partial charge < -0.3 is 15.4 Å². The van der Waals surface area contributed by atoms with Crippen LogP contribution in [0.3, 0.4) is 0 Å². The summed E-state index contributed by atoms with van der Waals surface area (Å²) >= 11 is 5.97. The molecule has 0 radical (unpaired) electrons. The number of aryl methyl sites for hydroxylation is 1. The first kappa shape index (κ1) is 20.9. The Balaban J connectivity index is 1.76. The minimum absolute atomic E-state index is 0.107. The molecular formula is C24H25ClN2O2. The second-order valence-electron chi connectivity index (χ2n) is 6.91. The molecule has 5 heteroatoms. The summed E-state index contributed by atoms with van der Waals surface area (Å²) in [6.45, 7) is 3.74. The molecule has 0 atom stereocenters. The zero-order chi connectivity index (χ0) is 20.6. The Morgan fingerprint density at radius 2 is 1.62 bits per heavy atom. The highest BCUT2D eigenvalue weighted by molar-refractivity contribution is 6.30. The van der Waals surface area contributed by atoms with Gasteiger partial charge in [-0.05, 0) is 42.3 Å². The van der Waals surface area contributed by atoms with Gasteiger partial charge in [-0.25, -0.2) is 0 Å². The number of hydrogen-bond donors (Lipinski definition) is 1. The third-order valence-corrected chi connectivity index (χ3v) is 4.86. The smallest absolute Gasteiger partial charge is 0.257 e. The summed E-state index contributed by atoms with van der Waals surface area (Å²) in [4.78, 5) is 15.0. The van der Waals surface area contributed by atoms with Crippen LogP contribution in [0.5, 0.6) is 5.75 Å². The van der Waals surface area contributed by atoms with Gasteiger partial charge in [-0.15, -0.1) is 0 Å². The van der Waals surface area contributed by atoms with Crippen molar-refractivity contribution in [3.8, 4) is 5.75 Å². The molecule has 2 N–H and O–H groups in total. The number of hydrogen-bond acceptors (Lipinski definition) is 3. The summed E-state index contributed by atoms with van der Waals surface area (Å²) in [6, 6.07) is 22.9. The Hall–Kier alpha value is -2.82. The molecular weight excluding hydrogens is 384 g/mol. The minimum atomic E-state index is -0.107. The number of carbonyl (C=O) groups excluding carboxylic acids is 1. The van der Waals surface area contributed by atoms with Crippen molar-refractivity contribution in [3.05, 3.63) is 100 Å². The average Bonchev–Trinajstić information content (AvgIpc) is 2.74. The Labute approximate surface area is 176 Å². The van der Waals surface area contributed by atoms with Crippen LogP contribution in [0.4, 0.5) is 0 Å². The molecule has 0 heterocycles. The monoisotopic (exact) mass is 408 g/mol. The molecule has 29 heavy (non-hydrogen) atoms. The summed E-state index contributed by atoms with van der Waals surface area (Å²) in [6.07, 6.45) is 0. The van der Waals surface area contributed by atoms with Crippen LogP contribution >= 0.6 is 11.6 Å². The van der Waals surface area contributed by atoms with E-state index < -0.39 is 0 Å². The van der Waals surface area contributed by atoms with Gasteiger partial charge in [0.1, 0.15) is 12.4 Å². The van der Waals surface area contributed by atoms with E-state index in [0.717, 1.165) is 11.1 Å². The van der Waals surface area contributed by atoms with Gasteiger partial charge in [0.15, 0.2) is 0 Å². The molecule has 0 aliphatic carbocycles. The zero-order valence-electron chi connectivity index (χ0n) is 16.5. The van der Waals surface area contributed by atoms with Crippen LogP contribution < -0.4 is 10.5 Å². The minimum Gasteiger partial charge on any atom is -0.488 e. The quantitative estimate of drug-likeness (QED) is 0.580. The van der Waals surface area contributed by atoms with E-state index in [1.165, 1.54) is 5.56 Å². The third kappa shape index (κ3) is 5.83. The first-order valence-electron chi connectivity index (χ1n) is 9.58. The molecule has 0 aromatic heterocycles. The van der Waals surface area contributed by atoms with E-state index in [1.807, 2.05) is 73.7 Å². The van der Waals surface area contributed by atoms with Crippen molar-refractivity contribution in [1.82, 2.24) is 4.90 Å². The number of rotatable bonds is 8. The number of para-hydroxylation sites is 1. The van der Waals surface area contributed by atoms with E-state index in [4.69, 9.17) is 22.1 Å². The summed E-state index contributed by atoms with van der Waals surface area (Å²) in [7, 11) is 0. The molecule has 0 fully saturated rings. The first-order valence-corrected chi connectivity index (χ1v) is 9.96. The standard InChI is InChI=1S/C24H25ClN2O2/c1-18-6-8-20(9-7-18)17-29-23-5-3-2-4-22(23)24(28)27(15-14-26)16-19-10-12-21(25)13-11-19/h2-13H,14-17,26H2,1H3. The molecule has 0 unspecified atom stereocenters. The van der Waals surface area contributed by atoms with E-state index in [0.29, 0.717) is 42.6 Å². The molecule has 0 aliphatic heterocycles. The second kappa shape index (κ2) is 10.1. The molecule has 4 nitrogen and oxygen atoms in total. The van der Waals surface area contributed by atoms with Crippen molar-refractivity contribution in [2.24, 2.45) is 5.73 Å². The predicted octanol–water partition coefficient (Wildman–Crippen LogP) is 4.83. The van der Waals surface area contributed by atoms with Crippen molar-refractivity contribution in [2.75, 3.05) is 13.1 Å². The fourth-order valence-electron chi connectivity index (χ4n) is 3.00. The summed E-state index contributed by atoms with van der Waals surface area (Å²) < 4.78 is 5.98. The Morgan fingerprint density at radius 3 is 2.31 bits per heavy atom. The zero-order valence-corrected chi connectivity index (χ0v) is 17.2. The van der Waals surface area contributed by atoms with Crippen molar-refractivity contribution < 1.29 is 9.53 Å². The van der Waals surface area contributed by atoms with Gasteiger partial charge in [0.2, 0.25) is 0 Å². The van der Waals surface area contributed by atoms with Gasteiger partial charge in [0.25, 0.3) is 5.91 Å². The van der Waals surface area contributed by atoms with Crippen LogP contribution in [-0.2, 0) is 13.2 Å². The molecule has 3 aromatic carbocycles. The number of halogens is 1. The number of ether oxygens (including phenoxy) is 1. The van der Waals surface area contributed by atoms with E-state index in [2.05, 4.69) is 0 Å². The molecule has 0 saturated heterocycles. The maximum absolute atomic E-state index is 13.2. The number of benzene rings is 3. The van der Waals surface area contributed by atoms with Crippen LogP contribution in [0.25, 0.3) is 0 Å². The molecule has 0 spiro atoms. The molecule has 150 valence electrons. The van der Waals surface area contributed by atoms with Gasteiger partial charge in [-0.3, -0.25) is 4.79 Å². The Bertz CT molecular complexity index is 940. The van der Waals surface area contributed by atoms with Gasteiger partial charge in [0, 0.05) is 24.7 Å². The average molecular weight is 409 g/mol. The van der Waals surface area contributed by atoms with Crippen LogP contribution in [0, 0.1) is 6.92 Å². The van der Waals surface area contributed by atoms with Gasteiger partial charge in [-0.1, -0.05) is 65.7 Å². The number of carbonyl (C=O) groups is 1. The molecule has 3 rings (SSSR count). The third-order valence-electron chi connectivity index (χ3n) is 4.61. The molecule has 0 saturated carbocycles. The molecule has 0 aliphatic rings. The van der Waals surface area contributed by atoms with Crippen molar-refractivity contribution >= 4 is 17.5 Å². The van der Waals surface area contributed by atoms with Crippen LogP contribution in [-0.4, -0.2) is 23.9 Å². The van der Waals surface area contributed by atoms with Crippen LogP contribution in [0.2, 0.25) is 5.02 Å². The van der Waals surface area contributed by atoms with E-state index in [9.17, 15) is 4.79 Å². The number of nitrogens with two attached hydrogens (primary N) is 1. The van der Waals surface area contributed by atoms with E-state index in [-0.39, 0.29) is 5.91 Å². The van der Waals surface area contributed by atoms with Crippen molar-refractivity contribution in [1.29, 1.82) is 0 Å². The normalized spacial score (nSPS) is 10.6. The molecule has 1 amide bonds. The fraction of sp³-hybridized carbons (Fsp3) is 0.208. The van der Waals surface area contributed by atoms with Gasteiger partial charge >= 0.3 is 0 Å². The highest BCUT2D eigenvalue weighted by atomic mass is 35.5. The predicted molar refractivity (Wildman–Crippen MR) is 117 cm³/mol. The largest absolute Gasteiger partial charge is 0.488 e. The first-order chi connectivity index (χ1) is 14.1. The maximum atomic E-state index is 13.2. The van der Waals surface area contributed by atoms with E-state index in [1.54, 1.807) is 11.0 Å². The summed E-state index contributed by atoms with van der Waals surface area (Å²) in [5, 5.41) is 0.667.